The number of piperidine rings is 1. The molecule has 1 fully saturated rings. The Bertz CT molecular complexity index is 805. The molecule has 136 valence electrons. The third-order valence-electron chi connectivity index (χ3n) is 4.77. The molecule has 2 heterocycles. The lowest BCUT2D eigenvalue weighted by atomic mass is 10.0. The van der Waals surface area contributed by atoms with E-state index in [1.165, 1.54) is 0 Å². The van der Waals surface area contributed by atoms with Crippen LogP contribution < -0.4 is 10.6 Å². The van der Waals surface area contributed by atoms with E-state index in [0.717, 1.165) is 55.5 Å². The fourth-order valence-electron chi connectivity index (χ4n) is 3.34. The summed E-state index contributed by atoms with van der Waals surface area (Å²) in [6.07, 6.45) is 4.49. The minimum Gasteiger partial charge on any atom is -0.381 e. The monoisotopic (exact) mass is 351 g/mol. The van der Waals surface area contributed by atoms with Crippen LogP contribution in [-0.2, 0) is 4.79 Å². The van der Waals surface area contributed by atoms with Crippen LogP contribution in [0.5, 0.6) is 0 Å². The highest BCUT2D eigenvalue weighted by Crippen LogP contribution is 2.27. The summed E-state index contributed by atoms with van der Waals surface area (Å²) in [7, 11) is 0. The molecule has 1 aromatic heterocycles. The van der Waals surface area contributed by atoms with Gasteiger partial charge in [0.15, 0.2) is 0 Å². The summed E-state index contributed by atoms with van der Waals surface area (Å²) in [5.41, 5.74) is 2.33. The first-order valence-corrected chi connectivity index (χ1v) is 9.24. The van der Waals surface area contributed by atoms with Gasteiger partial charge >= 0.3 is 0 Å². The summed E-state index contributed by atoms with van der Waals surface area (Å²) < 4.78 is 0. The zero-order valence-electron chi connectivity index (χ0n) is 15.2. The molecule has 1 aromatic carbocycles. The second-order valence-corrected chi connectivity index (χ2v) is 6.72. The van der Waals surface area contributed by atoms with Gasteiger partial charge in [-0.2, -0.15) is 5.26 Å². The van der Waals surface area contributed by atoms with Gasteiger partial charge in [0.05, 0.1) is 23.3 Å². The van der Waals surface area contributed by atoms with Crippen molar-refractivity contribution in [1.82, 2.24) is 15.2 Å². The van der Waals surface area contributed by atoms with Gasteiger partial charge in [-0.1, -0.05) is 25.1 Å². The number of rotatable bonds is 6. The average Bonchev–Trinajstić information content (AvgIpc) is 2.68. The third kappa shape index (κ3) is 4.30. The van der Waals surface area contributed by atoms with Gasteiger partial charge in [-0.3, -0.25) is 14.7 Å². The predicted octanol–water partition coefficient (Wildman–Crippen LogP) is 2.51. The molecule has 6 nitrogen and oxygen atoms in total. The number of carbonyl (C=O) groups excluding carboxylic acids is 1. The standard InChI is InChI=1S/C20H25N5O/c1-2-9-22-19(26)14-25-10-7-16(8-11-25)24-20-15(12-21)13-23-18-6-4-3-5-17(18)20/h3-6,13,16H,2,7-11,14H2,1H3,(H,22,26)(H,23,24). The molecule has 0 radical (unpaired) electrons. The first-order valence-electron chi connectivity index (χ1n) is 9.24. The summed E-state index contributed by atoms with van der Waals surface area (Å²) >= 11 is 0. The highest BCUT2D eigenvalue weighted by atomic mass is 16.2. The van der Waals surface area contributed by atoms with E-state index in [-0.39, 0.29) is 5.91 Å². The third-order valence-corrected chi connectivity index (χ3v) is 4.77. The SMILES string of the molecule is CCCNC(=O)CN1CCC(Nc2c(C#N)cnc3ccccc23)CC1. The summed E-state index contributed by atoms with van der Waals surface area (Å²) in [4.78, 5) is 18.4. The van der Waals surface area contributed by atoms with Crippen LogP contribution in [0.1, 0.15) is 31.7 Å². The summed E-state index contributed by atoms with van der Waals surface area (Å²) in [6.45, 7) is 5.01. The minimum absolute atomic E-state index is 0.102. The molecule has 1 aliphatic heterocycles. The number of nitrogens with zero attached hydrogens (tertiary/aromatic N) is 3. The summed E-state index contributed by atoms with van der Waals surface area (Å²) in [5.74, 6) is 0.102. The number of para-hydroxylation sites is 1. The van der Waals surface area contributed by atoms with Crippen LogP contribution >= 0.6 is 0 Å². The van der Waals surface area contributed by atoms with Crippen molar-refractivity contribution in [2.24, 2.45) is 0 Å². The van der Waals surface area contributed by atoms with Crippen molar-refractivity contribution in [2.45, 2.75) is 32.2 Å². The van der Waals surface area contributed by atoms with Gasteiger partial charge in [-0.05, 0) is 25.3 Å². The number of fused-ring (bicyclic) bond motifs is 1. The van der Waals surface area contributed by atoms with Gasteiger partial charge in [0.2, 0.25) is 5.91 Å². The van der Waals surface area contributed by atoms with Crippen LogP contribution in [-0.4, -0.2) is 48.0 Å². The lowest BCUT2D eigenvalue weighted by molar-refractivity contribution is -0.122. The normalized spacial score (nSPS) is 15.5. The fourth-order valence-corrected chi connectivity index (χ4v) is 3.34. The van der Waals surface area contributed by atoms with Crippen molar-refractivity contribution in [2.75, 3.05) is 31.5 Å². The second kappa shape index (κ2) is 8.63. The van der Waals surface area contributed by atoms with E-state index in [4.69, 9.17) is 0 Å². The smallest absolute Gasteiger partial charge is 0.234 e. The maximum absolute atomic E-state index is 11.9. The quantitative estimate of drug-likeness (QED) is 0.836. The largest absolute Gasteiger partial charge is 0.381 e. The van der Waals surface area contributed by atoms with E-state index in [1.807, 2.05) is 24.3 Å². The highest BCUT2D eigenvalue weighted by molar-refractivity contribution is 5.94. The molecule has 0 bridgehead atoms. The highest BCUT2D eigenvalue weighted by Gasteiger charge is 2.22. The number of amides is 1. The zero-order valence-corrected chi connectivity index (χ0v) is 15.2. The molecule has 26 heavy (non-hydrogen) atoms. The molecule has 3 rings (SSSR count). The van der Waals surface area contributed by atoms with E-state index in [1.54, 1.807) is 6.20 Å². The van der Waals surface area contributed by atoms with Crippen LogP contribution in [0.2, 0.25) is 0 Å². The second-order valence-electron chi connectivity index (χ2n) is 6.72. The molecule has 6 heteroatoms. The Morgan fingerprint density at radius 3 is 2.85 bits per heavy atom. The molecule has 0 atom stereocenters. The number of aromatic nitrogens is 1. The number of hydrogen-bond donors (Lipinski definition) is 2. The molecular formula is C20H25N5O. The molecule has 1 amide bonds. The number of benzene rings is 1. The Morgan fingerprint density at radius 1 is 1.35 bits per heavy atom. The molecule has 0 saturated carbocycles. The van der Waals surface area contributed by atoms with Crippen molar-refractivity contribution >= 4 is 22.5 Å². The van der Waals surface area contributed by atoms with Crippen LogP contribution in [0.4, 0.5) is 5.69 Å². The van der Waals surface area contributed by atoms with E-state index in [9.17, 15) is 10.1 Å². The first kappa shape index (κ1) is 18.2. The van der Waals surface area contributed by atoms with E-state index >= 15 is 0 Å². The van der Waals surface area contributed by atoms with Crippen molar-refractivity contribution in [1.29, 1.82) is 5.26 Å². The van der Waals surface area contributed by atoms with Crippen molar-refractivity contribution in [3.05, 3.63) is 36.0 Å². The summed E-state index contributed by atoms with van der Waals surface area (Å²) in [5, 5.41) is 16.9. The van der Waals surface area contributed by atoms with Gasteiger partial charge in [0, 0.05) is 37.3 Å². The Kier molecular flexibility index (Phi) is 6.03. The first-order chi connectivity index (χ1) is 12.7. The number of likely N-dealkylation sites (tertiary alicyclic amines) is 1. The van der Waals surface area contributed by atoms with Crippen molar-refractivity contribution in [3.8, 4) is 6.07 Å². The fraction of sp³-hybridized carbons (Fsp3) is 0.450. The van der Waals surface area contributed by atoms with Crippen LogP contribution in [0.25, 0.3) is 10.9 Å². The van der Waals surface area contributed by atoms with Gasteiger partial charge < -0.3 is 10.6 Å². The average molecular weight is 351 g/mol. The Balaban J connectivity index is 1.62. The van der Waals surface area contributed by atoms with Gasteiger partial charge in [-0.15, -0.1) is 0 Å². The predicted molar refractivity (Wildman–Crippen MR) is 103 cm³/mol. The van der Waals surface area contributed by atoms with Crippen molar-refractivity contribution < 1.29 is 4.79 Å². The molecule has 0 aliphatic carbocycles. The molecule has 2 aromatic rings. The topological polar surface area (TPSA) is 81.0 Å². The molecule has 1 aliphatic rings. The number of carbonyl (C=O) groups is 1. The van der Waals surface area contributed by atoms with E-state index in [0.29, 0.717) is 18.2 Å². The Labute approximate surface area is 154 Å². The van der Waals surface area contributed by atoms with E-state index in [2.05, 4.69) is 33.5 Å². The summed E-state index contributed by atoms with van der Waals surface area (Å²) in [6, 6.07) is 10.4. The maximum atomic E-state index is 11.9. The molecular weight excluding hydrogens is 326 g/mol. The molecule has 2 N–H and O–H groups in total. The zero-order chi connectivity index (χ0) is 18.4. The number of nitrogens with one attached hydrogen (secondary N) is 2. The lowest BCUT2D eigenvalue weighted by Crippen LogP contribution is -2.44. The van der Waals surface area contributed by atoms with Crippen LogP contribution in [0, 0.1) is 11.3 Å². The number of nitriles is 1. The minimum atomic E-state index is 0.102. The number of pyridine rings is 1. The lowest BCUT2D eigenvalue weighted by Gasteiger charge is -2.32. The Morgan fingerprint density at radius 2 is 2.12 bits per heavy atom. The van der Waals surface area contributed by atoms with E-state index < -0.39 is 0 Å². The van der Waals surface area contributed by atoms with Crippen LogP contribution in [0.15, 0.2) is 30.5 Å². The number of hydrogen-bond acceptors (Lipinski definition) is 5. The molecule has 1 saturated heterocycles. The van der Waals surface area contributed by atoms with Gasteiger partial charge in [-0.25, -0.2) is 0 Å². The van der Waals surface area contributed by atoms with Crippen LogP contribution in [0.3, 0.4) is 0 Å². The van der Waals surface area contributed by atoms with Crippen molar-refractivity contribution in [3.63, 3.8) is 0 Å². The molecule has 0 unspecified atom stereocenters. The van der Waals surface area contributed by atoms with Gasteiger partial charge in [0.25, 0.3) is 0 Å². The molecule has 0 spiro atoms. The number of anilines is 1. The maximum Gasteiger partial charge on any atom is 0.234 e. The van der Waals surface area contributed by atoms with Gasteiger partial charge in [0.1, 0.15) is 6.07 Å². The Hall–Kier alpha value is -2.65.